The lowest BCUT2D eigenvalue weighted by Gasteiger charge is -2.17. The van der Waals surface area contributed by atoms with Crippen LogP contribution in [0.25, 0.3) is 0 Å². The maximum absolute atomic E-state index is 12.4. The van der Waals surface area contributed by atoms with Gasteiger partial charge in [0, 0.05) is 25.7 Å². The number of halogens is 1. The van der Waals surface area contributed by atoms with Crippen molar-refractivity contribution in [2.24, 2.45) is 5.92 Å². The van der Waals surface area contributed by atoms with Gasteiger partial charge in [-0.2, -0.15) is 0 Å². The number of carbonyl (C=O) groups excluding carboxylic acids is 2. The fraction of sp³-hybridized carbons (Fsp3) is 0.357. The summed E-state index contributed by atoms with van der Waals surface area (Å²) in [5.41, 5.74) is 0.734. The molecule has 0 spiro atoms. The third-order valence-corrected chi connectivity index (χ3v) is 3.67. The zero-order valence-corrected chi connectivity index (χ0v) is 12.2. The van der Waals surface area contributed by atoms with Crippen LogP contribution in [-0.2, 0) is 9.59 Å². The van der Waals surface area contributed by atoms with Gasteiger partial charge in [0.25, 0.3) is 5.91 Å². The average molecular weight is 311 g/mol. The Kier molecular flexibility index (Phi) is 4.47. The first-order valence-electron chi connectivity index (χ1n) is 6.47. The molecule has 1 unspecified atom stereocenters. The fourth-order valence-corrected chi connectivity index (χ4v) is 2.49. The van der Waals surface area contributed by atoms with Gasteiger partial charge in [-0.25, -0.2) is 0 Å². The summed E-state index contributed by atoms with van der Waals surface area (Å²) in [7, 11) is 0. The molecule has 2 rings (SSSR count). The van der Waals surface area contributed by atoms with E-state index in [0.29, 0.717) is 18.7 Å². The Morgan fingerprint density at radius 2 is 2.10 bits per heavy atom. The van der Waals surface area contributed by atoms with Crippen LogP contribution < -0.4 is 5.32 Å². The lowest BCUT2D eigenvalue weighted by atomic mass is 10.1. The second-order valence-corrected chi connectivity index (χ2v) is 5.36. The number of anilines is 1. The van der Waals surface area contributed by atoms with E-state index in [4.69, 9.17) is 16.7 Å². The molecule has 1 saturated heterocycles. The van der Waals surface area contributed by atoms with Crippen molar-refractivity contribution in [3.63, 3.8) is 0 Å². The Balaban J connectivity index is 2.19. The normalized spacial score (nSPS) is 17.6. The molecule has 112 valence electrons. The molecule has 0 aliphatic carbocycles. The van der Waals surface area contributed by atoms with Crippen molar-refractivity contribution in [3.05, 3.63) is 28.8 Å². The number of benzene rings is 1. The predicted molar refractivity (Wildman–Crippen MR) is 77.4 cm³/mol. The van der Waals surface area contributed by atoms with Crippen molar-refractivity contribution >= 4 is 35.1 Å². The standard InChI is InChI=1S/C14H15ClN2O4/c1-8(18)16-10-2-3-12(15)11(6-10)13(19)17-5-4-9(7-17)14(20)21/h2-3,6,9H,4-5,7H2,1H3,(H,16,18)(H,20,21). The Hall–Kier alpha value is -2.08. The van der Waals surface area contributed by atoms with E-state index in [1.54, 1.807) is 6.07 Å². The molecule has 0 saturated carbocycles. The van der Waals surface area contributed by atoms with Gasteiger partial charge in [-0.1, -0.05) is 11.6 Å². The molecule has 0 aromatic heterocycles. The summed E-state index contributed by atoms with van der Waals surface area (Å²) in [5.74, 6) is -2.01. The third-order valence-electron chi connectivity index (χ3n) is 3.34. The van der Waals surface area contributed by atoms with Gasteiger partial charge in [0.1, 0.15) is 0 Å². The van der Waals surface area contributed by atoms with Crippen LogP contribution in [-0.4, -0.2) is 40.9 Å². The molecule has 0 radical (unpaired) electrons. The molecular weight excluding hydrogens is 296 g/mol. The van der Waals surface area contributed by atoms with Gasteiger partial charge in [-0.3, -0.25) is 14.4 Å². The molecule has 1 fully saturated rings. The van der Waals surface area contributed by atoms with Crippen molar-refractivity contribution < 1.29 is 19.5 Å². The topological polar surface area (TPSA) is 86.7 Å². The van der Waals surface area contributed by atoms with Gasteiger partial charge in [0.15, 0.2) is 0 Å². The number of carboxylic acids is 1. The van der Waals surface area contributed by atoms with Crippen LogP contribution in [0.3, 0.4) is 0 Å². The molecular formula is C14H15ClN2O4. The molecule has 21 heavy (non-hydrogen) atoms. The van der Waals surface area contributed by atoms with Crippen molar-refractivity contribution in [2.45, 2.75) is 13.3 Å². The predicted octanol–water partition coefficient (Wildman–Crippen LogP) is 1.85. The number of carboxylic acid groups (broad SMARTS) is 1. The van der Waals surface area contributed by atoms with E-state index in [0.717, 1.165) is 0 Å². The zero-order valence-electron chi connectivity index (χ0n) is 11.4. The van der Waals surface area contributed by atoms with E-state index in [-0.39, 0.29) is 28.9 Å². The molecule has 1 aliphatic heterocycles. The number of hydrogen-bond donors (Lipinski definition) is 2. The number of hydrogen-bond acceptors (Lipinski definition) is 3. The van der Waals surface area contributed by atoms with Crippen molar-refractivity contribution in [1.29, 1.82) is 0 Å². The summed E-state index contributed by atoms with van der Waals surface area (Å²) in [4.78, 5) is 35.9. The summed E-state index contributed by atoms with van der Waals surface area (Å²) < 4.78 is 0. The van der Waals surface area contributed by atoms with Crippen molar-refractivity contribution in [2.75, 3.05) is 18.4 Å². The summed E-state index contributed by atoms with van der Waals surface area (Å²) in [6.07, 6.45) is 0.435. The van der Waals surface area contributed by atoms with Crippen LogP contribution in [0.1, 0.15) is 23.7 Å². The highest BCUT2D eigenvalue weighted by atomic mass is 35.5. The number of amides is 2. The number of aliphatic carboxylic acids is 1. The van der Waals surface area contributed by atoms with Gasteiger partial charge in [0.2, 0.25) is 5.91 Å². The van der Waals surface area contributed by atoms with Crippen LogP contribution >= 0.6 is 11.6 Å². The molecule has 7 heteroatoms. The van der Waals surface area contributed by atoms with Crippen LogP contribution in [0, 0.1) is 5.92 Å². The van der Waals surface area contributed by atoms with Gasteiger partial charge < -0.3 is 15.3 Å². The second-order valence-electron chi connectivity index (χ2n) is 4.95. The van der Waals surface area contributed by atoms with E-state index < -0.39 is 11.9 Å². The Bertz CT molecular complexity index is 603. The largest absolute Gasteiger partial charge is 0.481 e. The average Bonchev–Trinajstić information content (AvgIpc) is 2.89. The van der Waals surface area contributed by atoms with Gasteiger partial charge in [-0.15, -0.1) is 0 Å². The minimum absolute atomic E-state index is 0.175. The Morgan fingerprint density at radius 1 is 1.38 bits per heavy atom. The highest BCUT2D eigenvalue weighted by molar-refractivity contribution is 6.34. The minimum Gasteiger partial charge on any atom is -0.481 e. The van der Waals surface area contributed by atoms with E-state index in [9.17, 15) is 14.4 Å². The first-order valence-corrected chi connectivity index (χ1v) is 6.85. The molecule has 2 amide bonds. The van der Waals surface area contributed by atoms with Crippen LogP contribution in [0.15, 0.2) is 18.2 Å². The summed E-state index contributed by atoms with van der Waals surface area (Å²) in [5, 5.41) is 11.8. The number of likely N-dealkylation sites (tertiary alicyclic amines) is 1. The Labute approximate surface area is 126 Å². The maximum atomic E-state index is 12.4. The van der Waals surface area contributed by atoms with E-state index in [1.165, 1.54) is 24.0 Å². The Morgan fingerprint density at radius 3 is 2.67 bits per heavy atom. The number of rotatable bonds is 3. The van der Waals surface area contributed by atoms with Crippen LogP contribution in [0.4, 0.5) is 5.69 Å². The first-order chi connectivity index (χ1) is 9.88. The lowest BCUT2D eigenvalue weighted by Crippen LogP contribution is -2.30. The smallest absolute Gasteiger partial charge is 0.308 e. The van der Waals surface area contributed by atoms with Gasteiger partial charge in [0.05, 0.1) is 16.5 Å². The molecule has 1 aliphatic rings. The van der Waals surface area contributed by atoms with Crippen molar-refractivity contribution in [3.8, 4) is 0 Å². The third kappa shape index (κ3) is 3.52. The number of nitrogens with one attached hydrogen (secondary N) is 1. The first kappa shape index (κ1) is 15.3. The monoisotopic (exact) mass is 310 g/mol. The molecule has 1 heterocycles. The SMILES string of the molecule is CC(=O)Nc1ccc(Cl)c(C(=O)N2CCC(C(=O)O)C2)c1. The second kappa shape index (κ2) is 6.13. The van der Waals surface area contributed by atoms with Gasteiger partial charge in [-0.05, 0) is 24.6 Å². The summed E-state index contributed by atoms with van der Waals surface area (Å²) in [6.45, 7) is 1.93. The molecule has 0 bridgehead atoms. The van der Waals surface area contributed by atoms with E-state index in [2.05, 4.69) is 5.32 Å². The number of nitrogens with zero attached hydrogens (tertiary/aromatic N) is 1. The summed E-state index contributed by atoms with van der Waals surface area (Å²) in [6, 6.07) is 4.63. The van der Waals surface area contributed by atoms with Gasteiger partial charge >= 0.3 is 5.97 Å². The molecule has 2 N–H and O–H groups in total. The van der Waals surface area contributed by atoms with Crippen LogP contribution in [0.5, 0.6) is 0 Å². The molecule has 1 aromatic rings. The molecule has 1 aromatic carbocycles. The van der Waals surface area contributed by atoms with E-state index in [1.807, 2.05) is 0 Å². The van der Waals surface area contributed by atoms with Crippen molar-refractivity contribution in [1.82, 2.24) is 4.90 Å². The van der Waals surface area contributed by atoms with E-state index >= 15 is 0 Å². The fourth-order valence-electron chi connectivity index (χ4n) is 2.29. The summed E-state index contributed by atoms with van der Waals surface area (Å²) >= 11 is 6.03. The molecule has 6 nitrogen and oxygen atoms in total. The zero-order chi connectivity index (χ0) is 15.6. The number of carbonyl (C=O) groups is 3. The highest BCUT2D eigenvalue weighted by Crippen LogP contribution is 2.25. The van der Waals surface area contributed by atoms with Crippen LogP contribution in [0.2, 0.25) is 5.02 Å². The minimum atomic E-state index is -0.900. The maximum Gasteiger partial charge on any atom is 0.308 e. The molecule has 1 atom stereocenters. The lowest BCUT2D eigenvalue weighted by molar-refractivity contribution is -0.141. The highest BCUT2D eigenvalue weighted by Gasteiger charge is 2.32. The quantitative estimate of drug-likeness (QED) is 0.892.